The highest BCUT2D eigenvalue weighted by molar-refractivity contribution is 7.99. The largest absolute Gasteiger partial charge is 0.319 e. The summed E-state index contributed by atoms with van der Waals surface area (Å²) in [5, 5.41) is 0.934. The molecular weight excluding hydrogens is 404 g/mol. The van der Waals surface area contributed by atoms with E-state index in [1.807, 2.05) is 30.6 Å². The van der Waals surface area contributed by atoms with Crippen LogP contribution >= 0.6 is 11.8 Å². The van der Waals surface area contributed by atoms with Crippen molar-refractivity contribution in [3.63, 3.8) is 0 Å². The fraction of sp³-hybridized carbons (Fsp3) is 0.429. The molecule has 6 nitrogen and oxygen atoms in total. The molecule has 0 saturated carbocycles. The first-order valence-electron chi connectivity index (χ1n) is 10.1. The molecule has 2 aromatic heterocycles. The van der Waals surface area contributed by atoms with E-state index in [1.54, 1.807) is 28.2 Å². The number of benzene rings is 1. The van der Waals surface area contributed by atoms with E-state index in [2.05, 4.69) is 16.5 Å². The van der Waals surface area contributed by atoms with Gasteiger partial charge in [-0.1, -0.05) is 18.2 Å². The first kappa shape index (κ1) is 20.4. The standard InChI is InChI=1S/C21H26N4O2S2/c1-2-25-20-7-6-18(29(26,27)24-13-4-3-5-14-24)16-19(20)23-21(25)28-15-10-17-8-11-22-12-9-17/h6-9,11-12,16H,2-5,10,13-15H2,1H3. The van der Waals surface area contributed by atoms with Gasteiger partial charge < -0.3 is 4.57 Å². The highest BCUT2D eigenvalue weighted by Gasteiger charge is 2.26. The van der Waals surface area contributed by atoms with Crippen molar-refractivity contribution in [3.8, 4) is 0 Å². The summed E-state index contributed by atoms with van der Waals surface area (Å²) in [5.74, 6) is 0.909. The average molecular weight is 431 g/mol. The van der Waals surface area contributed by atoms with Crippen LogP contribution in [0.3, 0.4) is 0 Å². The smallest absolute Gasteiger partial charge is 0.243 e. The fourth-order valence-corrected chi connectivity index (χ4v) is 6.33. The van der Waals surface area contributed by atoms with Crippen LogP contribution in [0.2, 0.25) is 0 Å². The molecule has 4 rings (SSSR count). The minimum atomic E-state index is -3.45. The van der Waals surface area contributed by atoms with Gasteiger partial charge in [0.2, 0.25) is 10.0 Å². The van der Waals surface area contributed by atoms with Crippen LogP contribution in [0.4, 0.5) is 0 Å². The van der Waals surface area contributed by atoms with Crippen molar-refractivity contribution in [2.24, 2.45) is 0 Å². The maximum atomic E-state index is 13.0. The number of aryl methyl sites for hydroxylation is 2. The Balaban J connectivity index is 1.57. The van der Waals surface area contributed by atoms with Crippen molar-refractivity contribution in [3.05, 3.63) is 48.3 Å². The number of hydrogen-bond acceptors (Lipinski definition) is 5. The summed E-state index contributed by atoms with van der Waals surface area (Å²) < 4.78 is 29.8. The van der Waals surface area contributed by atoms with Gasteiger partial charge in [0.1, 0.15) is 0 Å². The molecule has 1 aliphatic rings. The molecule has 1 aliphatic heterocycles. The number of rotatable bonds is 7. The fourth-order valence-electron chi connectivity index (χ4n) is 3.73. The molecular formula is C21H26N4O2S2. The second-order valence-corrected chi connectivity index (χ2v) is 10.2. The molecule has 1 aromatic carbocycles. The molecule has 0 spiro atoms. The quantitative estimate of drug-likeness (QED) is 0.531. The maximum absolute atomic E-state index is 13.0. The second kappa shape index (κ2) is 8.85. The van der Waals surface area contributed by atoms with E-state index in [4.69, 9.17) is 4.98 Å². The molecule has 154 valence electrons. The van der Waals surface area contributed by atoms with Crippen LogP contribution in [0.15, 0.2) is 52.8 Å². The van der Waals surface area contributed by atoms with Gasteiger partial charge >= 0.3 is 0 Å². The summed E-state index contributed by atoms with van der Waals surface area (Å²) in [7, 11) is -3.45. The third-order valence-corrected chi connectivity index (χ3v) is 8.20. The van der Waals surface area contributed by atoms with Crippen LogP contribution in [0.25, 0.3) is 11.0 Å². The van der Waals surface area contributed by atoms with Gasteiger partial charge in [0.05, 0.1) is 15.9 Å². The number of piperidine rings is 1. The van der Waals surface area contributed by atoms with Crippen LogP contribution in [-0.2, 0) is 23.0 Å². The van der Waals surface area contributed by atoms with E-state index in [0.717, 1.165) is 54.2 Å². The molecule has 3 heterocycles. The minimum absolute atomic E-state index is 0.348. The number of hydrogen-bond donors (Lipinski definition) is 0. The van der Waals surface area contributed by atoms with Crippen molar-refractivity contribution in [2.75, 3.05) is 18.8 Å². The number of imidazole rings is 1. The monoisotopic (exact) mass is 430 g/mol. The van der Waals surface area contributed by atoms with E-state index in [1.165, 1.54) is 5.56 Å². The number of fused-ring (bicyclic) bond motifs is 1. The van der Waals surface area contributed by atoms with Crippen LogP contribution < -0.4 is 0 Å². The maximum Gasteiger partial charge on any atom is 0.243 e. The van der Waals surface area contributed by atoms with Gasteiger partial charge in [-0.05, 0) is 62.1 Å². The molecule has 8 heteroatoms. The van der Waals surface area contributed by atoms with E-state index in [-0.39, 0.29) is 0 Å². The minimum Gasteiger partial charge on any atom is -0.319 e. The Morgan fingerprint density at radius 2 is 1.83 bits per heavy atom. The predicted octanol–water partition coefficient (Wildman–Crippen LogP) is 3.96. The Labute approximate surface area is 176 Å². The molecule has 1 fully saturated rings. The van der Waals surface area contributed by atoms with Crippen LogP contribution in [0, 0.1) is 0 Å². The third kappa shape index (κ3) is 4.34. The van der Waals surface area contributed by atoms with Crippen LogP contribution in [-0.4, -0.2) is 46.1 Å². The lowest BCUT2D eigenvalue weighted by molar-refractivity contribution is 0.346. The number of thioether (sulfide) groups is 1. The molecule has 1 saturated heterocycles. The molecule has 0 radical (unpaired) electrons. The molecule has 29 heavy (non-hydrogen) atoms. The molecule has 0 atom stereocenters. The topological polar surface area (TPSA) is 68.1 Å². The Hall–Kier alpha value is -1.90. The first-order valence-corrected chi connectivity index (χ1v) is 12.5. The van der Waals surface area contributed by atoms with Gasteiger partial charge in [-0.3, -0.25) is 4.98 Å². The normalized spacial score (nSPS) is 15.8. The van der Waals surface area contributed by atoms with Crippen LogP contribution in [0.5, 0.6) is 0 Å². The van der Waals surface area contributed by atoms with Crippen molar-refractivity contribution in [2.45, 2.75) is 49.2 Å². The van der Waals surface area contributed by atoms with Crippen molar-refractivity contribution in [1.82, 2.24) is 18.8 Å². The van der Waals surface area contributed by atoms with Crippen LogP contribution in [0.1, 0.15) is 31.7 Å². The highest BCUT2D eigenvalue weighted by atomic mass is 32.2. The first-order chi connectivity index (χ1) is 14.1. The van der Waals surface area contributed by atoms with Gasteiger partial charge in [-0.2, -0.15) is 4.31 Å². The van der Waals surface area contributed by atoms with E-state index in [9.17, 15) is 8.42 Å². The number of aromatic nitrogens is 3. The van der Waals surface area contributed by atoms with Gasteiger partial charge in [-0.25, -0.2) is 13.4 Å². The zero-order valence-electron chi connectivity index (χ0n) is 16.6. The van der Waals surface area contributed by atoms with Gasteiger partial charge in [0.15, 0.2) is 5.16 Å². The summed E-state index contributed by atoms with van der Waals surface area (Å²) in [5.41, 5.74) is 2.98. The summed E-state index contributed by atoms with van der Waals surface area (Å²) in [6.45, 7) is 4.11. The summed E-state index contributed by atoms with van der Waals surface area (Å²) in [6, 6.07) is 9.42. The number of pyridine rings is 1. The molecule has 0 unspecified atom stereocenters. The summed E-state index contributed by atoms with van der Waals surface area (Å²) in [4.78, 5) is 9.17. The summed E-state index contributed by atoms with van der Waals surface area (Å²) >= 11 is 1.71. The van der Waals surface area contributed by atoms with E-state index in [0.29, 0.717) is 18.0 Å². The second-order valence-electron chi connectivity index (χ2n) is 7.21. The lowest BCUT2D eigenvalue weighted by atomic mass is 10.2. The van der Waals surface area contributed by atoms with Crippen molar-refractivity contribution >= 4 is 32.8 Å². The summed E-state index contributed by atoms with van der Waals surface area (Å²) in [6.07, 6.45) is 7.53. The molecule has 0 N–H and O–H groups in total. The van der Waals surface area contributed by atoms with Crippen molar-refractivity contribution < 1.29 is 8.42 Å². The Morgan fingerprint density at radius 1 is 1.07 bits per heavy atom. The molecule has 3 aromatic rings. The third-order valence-electron chi connectivity index (χ3n) is 5.32. The Morgan fingerprint density at radius 3 is 2.55 bits per heavy atom. The van der Waals surface area contributed by atoms with Crippen molar-refractivity contribution in [1.29, 1.82) is 0 Å². The van der Waals surface area contributed by atoms with E-state index >= 15 is 0 Å². The number of sulfonamides is 1. The Kier molecular flexibility index (Phi) is 6.22. The van der Waals surface area contributed by atoms with Gasteiger partial charge in [-0.15, -0.1) is 0 Å². The molecule has 0 amide bonds. The SMILES string of the molecule is CCn1c(SCCc2ccncc2)nc2cc(S(=O)(=O)N3CCCCC3)ccc21. The molecule has 0 bridgehead atoms. The van der Waals surface area contributed by atoms with Gasteiger partial charge in [0, 0.05) is 37.8 Å². The lowest BCUT2D eigenvalue weighted by Crippen LogP contribution is -2.35. The zero-order valence-corrected chi connectivity index (χ0v) is 18.3. The average Bonchev–Trinajstić information content (AvgIpc) is 3.11. The lowest BCUT2D eigenvalue weighted by Gasteiger charge is -2.25. The zero-order chi connectivity index (χ0) is 20.3. The van der Waals surface area contributed by atoms with E-state index < -0.39 is 10.0 Å². The Bertz CT molecular complexity index is 1070. The molecule has 0 aliphatic carbocycles. The van der Waals surface area contributed by atoms with Gasteiger partial charge in [0.25, 0.3) is 0 Å². The highest BCUT2D eigenvalue weighted by Crippen LogP contribution is 2.28. The number of nitrogens with zero attached hydrogens (tertiary/aromatic N) is 4. The predicted molar refractivity (Wildman–Crippen MR) is 117 cm³/mol.